The van der Waals surface area contributed by atoms with Crippen molar-refractivity contribution in [2.75, 3.05) is 11.9 Å². The highest BCUT2D eigenvalue weighted by Gasteiger charge is 2.09. The van der Waals surface area contributed by atoms with Crippen LogP contribution in [0.15, 0.2) is 78.9 Å². The monoisotopic (exact) mass is 331 g/mol. The number of para-hydroxylation sites is 1. The number of rotatable bonds is 6. The number of anilines is 1. The van der Waals surface area contributed by atoms with E-state index in [1.54, 1.807) is 24.3 Å². The average Bonchev–Trinajstić information content (AvgIpc) is 2.68. The fourth-order valence-electron chi connectivity index (χ4n) is 2.47. The molecule has 3 aromatic carbocycles. The first-order valence-electron chi connectivity index (χ1n) is 7.88. The molecule has 1 amide bonds. The van der Waals surface area contributed by atoms with E-state index < -0.39 is 0 Å². The zero-order valence-electron chi connectivity index (χ0n) is 13.5. The predicted molar refractivity (Wildman–Crippen MR) is 97.8 cm³/mol. The summed E-state index contributed by atoms with van der Waals surface area (Å²) in [6.45, 7) is -0.133. The molecule has 0 aliphatic heterocycles. The third kappa shape index (κ3) is 4.32. The Morgan fingerprint density at radius 2 is 1.68 bits per heavy atom. The lowest BCUT2D eigenvalue weighted by Gasteiger charge is -2.12. The van der Waals surface area contributed by atoms with E-state index in [-0.39, 0.29) is 12.5 Å². The lowest BCUT2D eigenvalue weighted by atomic mass is 10.0. The molecule has 0 bridgehead atoms. The molecule has 3 rings (SSSR count). The van der Waals surface area contributed by atoms with Gasteiger partial charge in [0.05, 0.1) is 0 Å². The molecule has 0 heterocycles. The third-order valence-electron chi connectivity index (χ3n) is 3.65. The SMILES string of the molecule is O=Cc1cccc(OCC(=O)Nc2ccccc2-c2ccccc2)c1. The molecule has 0 atom stereocenters. The Hall–Kier alpha value is -3.40. The van der Waals surface area contributed by atoms with Crippen LogP contribution < -0.4 is 10.1 Å². The maximum absolute atomic E-state index is 12.2. The van der Waals surface area contributed by atoms with E-state index in [0.29, 0.717) is 11.3 Å². The molecular weight excluding hydrogens is 314 g/mol. The molecule has 0 saturated heterocycles. The van der Waals surface area contributed by atoms with Crippen LogP contribution in [-0.4, -0.2) is 18.8 Å². The highest BCUT2D eigenvalue weighted by molar-refractivity contribution is 5.96. The number of ether oxygens (including phenoxy) is 1. The molecule has 1 N–H and O–H groups in total. The quantitative estimate of drug-likeness (QED) is 0.689. The van der Waals surface area contributed by atoms with Crippen LogP contribution in [-0.2, 0) is 4.79 Å². The van der Waals surface area contributed by atoms with E-state index in [1.807, 2.05) is 54.6 Å². The lowest BCUT2D eigenvalue weighted by Crippen LogP contribution is -2.20. The topological polar surface area (TPSA) is 55.4 Å². The first-order chi connectivity index (χ1) is 12.3. The third-order valence-corrected chi connectivity index (χ3v) is 3.65. The van der Waals surface area contributed by atoms with Gasteiger partial charge < -0.3 is 10.1 Å². The highest BCUT2D eigenvalue weighted by Crippen LogP contribution is 2.27. The molecule has 4 heteroatoms. The molecule has 4 nitrogen and oxygen atoms in total. The van der Waals surface area contributed by atoms with Crippen molar-refractivity contribution in [1.29, 1.82) is 0 Å². The molecule has 0 unspecified atom stereocenters. The fourth-order valence-corrected chi connectivity index (χ4v) is 2.47. The zero-order chi connectivity index (χ0) is 17.5. The van der Waals surface area contributed by atoms with Gasteiger partial charge in [-0.1, -0.05) is 60.7 Å². The number of benzene rings is 3. The van der Waals surface area contributed by atoms with E-state index in [9.17, 15) is 9.59 Å². The van der Waals surface area contributed by atoms with Crippen LogP contribution in [0.4, 0.5) is 5.69 Å². The van der Waals surface area contributed by atoms with E-state index in [4.69, 9.17) is 4.74 Å². The van der Waals surface area contributed by atoms with Crippen molar-refractivity contribution in [2.24, 2.45) is 0 Å². The summed E-state index contributed by atoms with van der Waals surface area (Å²) in [6, 6.07) is 24.1. The Bertz CT molecular complexity index is 875. The second-order valence-electron chi connectivity index (χ2n) is 5.44. The van der Waals surface area contributed by atoms with Gasteiger partial charge in [-0.15, -0.1) is 0 Å². The van der Waals surface area contributed by atoms with Gasteiger partial charge in [0.1, 0.15) is 12.0 Å². The van der Waals surface area contributed by atoms with Gasteiger partial charge in [-0.2, -0.15) is 0 Å². The molecule has 0 aliphatic rings. The van der Waals surface area contributed by atoms with Crippen LogP contribution in [0.1, 0.15) is 10.4 Å². The van der Waals surface area contributed by atoms with Crippen molar-refractivity contribution >= 4 is 17.9 Å². The summed E-state index contributed by atoms with van der Waals surface area (Å²) >= 11 is 0. The van der Waals surface area contributed by atoms with Gasteiger partial charge in [0.15, 0.2) is 6.61 Å². The van der Waals surface area contributed by atoms with Crippen LogP contribution in [0.25, 0.3) is 11.1 Å². The summed E-state index contributed by atoms with van der Waals surface area (Å²) < 4.78 is 5.46. The van der Waals surface area contributed by atoms with Crippen molar-refractivity contribution in [3.05, 3.63) is 84.4 Å². The summed E-state index contributed by atoms with van der Waals surface area (Å²) in [5, 5.41) is 2.87. The zero-order valence-corrected chi connectivity index (χ0v) is 13.5. The maximum Gasteiger partial charge on any atom is 0.262 e. The molecule has 0 fully saturated rings. The van der Waals surface area contributed by atoms with Crippen LogP contribution in [0.3, 0.4) is 0 Å². The minimum Gasteiger partial charge on any atom is -0.484 e. The summed E-state index contributed by atoms with van der Waals surface area (Å²) in [6.07, 6.45) is 0.739. The fraction of sp³-hybridized carbons (Fsp3) is 0.0476. The highest BCUT2D eigenvalue weighted by atomic mass is 16.5. The summed E-state index contributed by atoms with van der Waals surface area (Å²) in [7, 11) is 0. The maximum atomic E-state index is 12.2. The number of carbonyl (C=O) groups is 2. The van der Waals surface area contributed by atoms with E-state index in [0.717, 1.165) is 23.1 Å². The van der Waals surface area contributed by atoms with Crippen molar-refractivity contribution in [3.63, 3.8) is 0 Å². The molecular formula is C21H17NO3. The van der Waals surface area contributed by atoms with Gasteiger partial charge in [-0.25, -0.2) is 0 Å². The van der Waals surface area contributed by atoms with Gasteiger partial charge in [0.25, 0.3) is 5.91 Å². The number of nitrogens with one attached hydrogen (secondary N) is 1. The Balaban J connectivity index is 1.68. The first kappa shape index (κ1) is 16.5. The van der Waals surface area contributed by atoms with Crippen LogP contribution in [0, 0.1) is 0 Å². The van der Waals surface area contributed by atoms with Gasteiger partial charge >= 0.3 is 0 Å². The molecule has 0 aromatic heterocycles. The molecule has 0 aliphatic carbocycles. The Kier molecular flexibility index (Phi) is 5.22. The normalized spacial score (nSPS) is 10.1. The number of hydrogen-bond donors (Lipinski definition) is 1. The number of carbonyl (C=O) groups excluding carboxylic acids is 2. The Labute approximate surface area is 146 Å². The number of amides is 1. The molecule has 124 valence electrons. The molecule has 0 radical (unpaired) electrons. The average molecular weight is 331 g/mol. The summed E-state index contributed by atoms with van der Waals surface area (Å²) in [4.78, 5) is 23.0. The standard InChI is InChI=1S/C21H17NO3/c23-14-16-7-6-10-18(13-16)25-15-21(24)22-20-12-5-4-11-19(20)17-8-2-1-3-9-17/h1-14H,15H2,(H,22,24). The largest absolute Gasteiger partial charge is 0.484 e. The lowest BCUT2D eigenvalue weighted by molar-refractivity contribution is -0.118. The van der Waals surface area contributed by atoms with Crippen molar-refractivity contribution in [2.45, 2.75) is 0 Å². The molecule has 3 aromatic rings. The smallest absolute Gasteiger partial charge is 0.262 e. The Morgan fingerprint density at radius 3 is 2.48 bits per heavy atom. The minimum atomic E-state index is -0.264. The van der Waals surface area contributed by atoms with Crippen molar-refractivity contribution in [1.82, 2.24) is 0 Å². The first-order valence-corrected chi connectivity index (χ1v) is 7.88. The number of hydrogen-bond acceptors (Lipinski definition) is 3. The van der Waals surface area contributed by atoms with E-state index in [2.05, 4.69) is 5.32 Å². The van der Waals surface area contributed by atoms with E-state index in [1.165, 1.54) is 0 Å². The predicted octanol–water partition coefficient (Wildman–Crippen LogP) is 4.18. The second kappa shape index (κ2) is 7.93. The van der Waals surface area contributed by atoms with Crippen LogP contribution >= 0.6 is 0 Å². The van der Waals surface area contributed by atoms with Gasteiger partial charge in [0.2, 0.25) is 0 Å². The van der Waals surface area contributed by atoms with E-state index >= 15 is 0 Å². The van der Waals surface area contributed by atoms with Gasteiger partial charge in [0, 0.05) is 16.8 Å². The molecule has 0 saturated carbocycles. The minimum absolute atomic E-state index is 0.133. The van der Waals surface area contributed by atoms with Crippen LogP contribution in [0.5, 0.6) is 5.75 Å². The molecule has 25 heavy (non-hydrogen) atoms. The number of aldehydes is 1. The summed E-state index contributed by atoms with van der Waals surface area (Å²) in [5.41, 5.74) is 3.20. The van der Waals surface area contributed by atoms with Gasteiger partial charge in [-0.05, 0) is 23.8 Å². The summed E-state index contributed by atoms with van der Waals surface area (Å²) in [5.74, 6) is 0.219. The van der Waals surface area contributed by atoms with Crippen LogP contribution in [0.2, 0.25) is 0 Å². The second-order valence-corrected chi connectivity index (χ2v) is 5.44. The molecule has 0 spiro atoms. The van der Waals surface area contributed by atoms with Gasteiger partial charge in [-0.3, -0.25) is 9.59 Å². The van der Waals surface area contributed by atoms with Crippen molar-refractivity contribution in [3.8, 4) is 16.9 Å². The van der Waals surface area contributed by atoms with Crippen molar-refractivity contribution < 1.29 is 14.3 Å². The Morgan fingerprint density at radius 1 is 0.920 bits per heavy atom.